The Hall–Kier alpha value is -3.63. The molecule has 0 aromatic heterocycles. The van der Waals surface area contributed by atoms with Crippen LogP contribution in [0.15, 0.2) is 210 Å². The number of aryl methyl sites for hydroxylation is 3. The standard InChI is InChI=1S/C24H23F3IS.2C23H23I2O/c1-16-15-21(29-20-11-7-18(8-12-20)24(25,26)27)13-14-22(16)28-19-9-5-17(6-10-19)23(2,3)4;1-16-5-12-21(26-20-13-8-18(24)9-14-20)15-22(16)25-19-10-6-17(7-11-19)23(2,3)4;1-16-6-5-7-21(26-20-14-10-18(24)11-15-20)22(16)25-19-12-8-17(9-13-19)23(2,3)4/h5-15H,1-4H3;2*5-15H,1-4H3/q3*+1. The molecule has 0 unspecified atom stereocenters. The molecule has 0 heterocycles. The van der Waals surface area contributed by atoms with E-state index >= 15 is 0 Å². The average Bonchev–Trinajstić information content (AvgIpc) is 3.42. The third-order valence-corrected chi connectivity index (χ3v) is 24.6. The summed E-state index contributed by atoms with van der Waals surface area (Å²) in [4.78, 5) is 1.84. The van der Waals surface area contributed by atoms with Gasteiger partial charge in [-0.25, -0.2) is 0 Å². The van der Waals surface area contributed by atoms with Crippen molar-refractivity contribution in [3.63, 3.8) is 0 Å². The van der Waals surface area contributed by atoms with Gasteiger partial charge in [0, 0.05) is 39.7 Å². The van der Waals surface area contributed by atoms with Gasteiger partial charge in [0.1, 0.15) is 17.2 Å². The molecule has 0 radical (unpaired) electrons. The summed E-state index contributed by atoms with van der Waals surface area (Å²) in [5, 5.41) is 0. The first-order valence-electron chi connectivity index (χ1n) is 26.5. The number of halogens is 8. The van der Waals surface area contributed by atoms with E-state index in [1.165, 1.54) is 85.8 Å². The van der Waals surface area contributed by atoms with E-state index in [4.69, 9.17) is 9.47 Å². The monoisotopic (exact) mass is 1670 g/mol. The number of rotatable bonds is 12. The smallest absolute Gasteiger partial charge is 0.416 e. The summed E-state index contributed by atoms with van der Waals surface area (Å²) in [6.07, 6.45) is -4.30. The lowest BCUT2D eigenvalue weighted by molar-refractivity contribution is -0.598. The Kier molecular flexibility index (Phi) is 23.2. The Morgan fingerprint density at radius 1 is 0.370 bits per heavy atom. The minimum atomic E-state index is -4.30. The maximum atomic E-state index is 12.7. The van der Waals surface area contributed by atoms with Crippen LogP contribution in [0.3, 0.4) is 0 Å². The number of alkyl halides is 3. The Labute approximate surface area is 542 Å². The molecule has 0 saturated heterocycles. The van der Waals surface area contributed by atoms with Gasteiger partial charge in [-0.05, 0) is 238 Å². The molecule has 0 saturated carbocycles. The van der Waals surface area contributed by atoms with E-state index in [1.54, 1.807) is 0 Å². The Morgan fingerprint density at radius 2 is 0.790 bits per heavy atom. The molecule has 9 rings (SSSR count). The van der Waals surface area contributed by atoms with Crippen molar-refractivity contribution in [3.8, 4) is 23.0 Å². The van der Waals surface area contributed by atoms with E-state index in [1.807, 2.05) is 24.3 Å². The Bertz CT molecular complexity index is 3470. The van der Waals surface area contributed by atoms with Gasteiger partial charge in [0.15, 0.2) is 20.0 Å². The molecule has 9 aromatic carbocycles. The molecule has 2 nitrogen and oxygen atoms in total. The van der Waals surface area contributed by atoms with Gasteiger partial charge < -0.3 is 9.47 Å². The van der Waals surface area contributed by atoms with Crippen LogP contribution in [0.2, 0.25) is 0 Å². The van der Waals surface area contributed by atoms with E-state index in [2.05, 4.69) is 280 Å². The van der Waals surface area contributed by atoms with Crippen molar-refractivity contribution in [2.24, 2.45) is 0 Å². The van der Waals surface area contributed by atoms with Crippen molar-refractivity contribution >= 4 is 56.9 Å². The van der Waals surface area contributed by atoms with Crippen molar-refractivity contribution in [3.05, 3.63) is 268 Å². The van der Waals surface area contributed by atoms with Crippen LogP contribution in [0.1, 0.15) is 101 Å². The zero-order valence-electron chi connectivity index (χ0n) is 47.8. The van der Waals surface area contributed by atoms with Gasteiger partial charge in [-0.1, -0.05) is 129 Å². The second-order valence-corrected chi connectivity index (χ2v) is 34.9. The molecule has 0 bridgehead atoms. The fourth-order valence-corrected chi connectivity index (χ4v) is 16.8. The number of hydrogen-bond donors (Lipinski definition) is 0. The summed E-state index contributed by atoms with van der Waals surface area (Å²) < 4.78 is 61.1. The van der Waals surface area contributed by atoms with E-state index in [-0.39, 0.29) is 79.9 Å². The molecule has 0 N–H and O–H groups in total. The van der Waals surface area contributed by atoms with Gasteiger partial charge in [-0.15, -0.1) is 0 Å². The van der Waals surface area contributed by atoms with E-state index < -0.39 is 11.7 Å². The number of benzene rings is 9. The predicted molar refractivity (Wildman–Crippen MR) is 335 cm³/mol. The summed E-state index contributed by atoms with van der Waals surface area (Å²) in [7, 11) is 0. The van der Waals surface area contributed by atoms with Crippen molar-refractivity contribution in [2.45, 2.75) is 115 Å². The SMILES string of the molecule is Cc1cc(Sc2ccc(C(F)(F)F)cc2)ccc1[I+]c1ccc(C(C)(C)C)cc1.Cc1ccc(Oc2ccc(I)cc2)cc1[I+]c1ccc(C(C)(C)C)cc1.Cc1cccc(Oc2ccc(I)cc2)c1[I+]c1ccc(C(C)(C)C)cc1. The second-order valence-electron chi connectivity index (χ2n) is 22.5. The lowest BCUT2D eigenvalue weighted by atomic mass is 9.87. The van der Waals surface area contributed by atoms with Gasteiger partial charge in [-0.3, -0.25) is 0 Å². The molecule has 0 aliphatic rings. The van der Waals surface area contributed by atoms with Gasteiger partial charge in [0.2, 0.25) is 7.14 Å². The highest BCUT2D eigenvalue weighted by Gasteiger charge is 2.30. The number of ether oxygens (including phenoxy) is 2. The van der Waals surface area contributed by atoms with Crippen molar-refractivity contribution in [2.75, 3.05) is 0 Å². The molecular weight excluding hydrogens is 1600 g/mol. The summed E-state index contributed by atoms with van der Waals surface area (Å²) in [5.41, 5.74) is 7.92. The first-order valence-corrected chi connectivity index (χ1v) is 35.9. The summed E-state index contributed by atoms with van der Waals surface area (Å²) >= 11 is 5.32. The highest BCUT2D eigenvalue weighted by molar-refractivity contribution is 14.1. The zero-order chi connectivity index (χ0) is 58.7. The second kappa shape index (κ2) is 29.0. The summed E-state index contributed by atoms with van der Waals surface area (Å²) in [6.45, 7) is 26.7. The predicted octanol–water partition coefficient (Wildman–Crippen LogP) is 12.2. The van der Waals surface area contributed by atoms with Crippen LogP contribution in [-0.2, 0) is 22.4 Å². The lowest BCUT2D eigenvalue weighted by Crippen LogP contribution is -3.61. The normalized spacial score (nSPS) is 11.7. The maximum absolute atomic E-state index is 12.7. The van der Waals surface area contributed by atoms with E-state index in [0.717, 1.165) is 44.9 Å². The molecule has 0 amide bonds. The molecule has 9 aromatic rings. The highest BCUT2D eigenvalue weighted by Crippen LogP contribution is 2.34. The van der Waals surface area contributed by atoms with Gasteiger partial charge in [0.05, 0.1) is 5.56 Å². The molecule has 0 spiro atoms. The van der Waals surface area contributed by atoms with Crippen LogP contribution in [0.4, 0.5) is 13.2 Å². The van der Waals surface area contributed by atoms with Crippen LogP contribution in [0.25, 0.3) is 0 Å². The van der Waals surface area contributed by atoms with Crippen LogP contribution in [-0.4, -0.2) is 0 Å². The lowest BCUT2D eigenvalue weighted by Gasteiger charge is -2.18. The van der Waals surface area contributed by atoms with Gasteiger partial charge in [0.25, 0.3) is 0 Å². The van der Waals surface area contributed by atoms with Crippen LogP contribution in [0.5, 0.6) is 23.0 Å². The molecule has 11 heteroatoms. The van der Waals surface area contributed by atoms with E-state index in [0.29, 0.717) is 0 Å². The first kappa shape index (κ1) is 64.9. The topological polar surface area (TPSA) is 18.5 Å². The quantitative estimate of drug-likeness (QED) is 0.114. The molecule has 0 atom stereocenters. The van der Waals surface area contributed by atoms with Gasteiger partial charge in [-0.2, -0.15) is 13.2 Å². The van der Waals surface area contributed by atoms with Gasteiger partial charge >= 0.3 is 69.8 Å². The Balaban J connectivity index is 0.000000176. The molecule has 81 heavy (non-hydrogen) atoms. The van der Waals surface area contributed by atoms with Crippen LogP contribution >= 0.6 is 56.9 Å². The molecule has 420 valence electrons. The molecule has 0 aliphatic carbocycles. The first-order chi connectivity index (χ1) is 38.2. The van der Waals surface area contributed by atoms with Crippen molar-refractivity contribution in [1.29, 1.82) is 0 Å². The molecule has 0 aliphatic heterocycles. The number of hydrogen-bond acceptors (Lipinski definition) is 3. The average molecular weight is 1670 g/mol. The fraction of sp³-hybridized carbons (Fsp3) is 0.229. The largest absolute Gasteiger partial charge is 0.457 e. The van der Waals surface area contributed by atoms with E-state index in [9.17, 15) is 13.2 Å². The maximum Gasteiger partial charge on any atom is 0.416 e. The molecule has 0 fully saturated rings. The highest BCUT2D eigenvalue weighted by atomic mass is 127. The fourth-order valence-electron chi connectivity index (χ4n) is 7.85. The minimum Gasteiger partial charge on any atom is -0.457 e. The molecular formula is C70H69F3I5O2S+3. The summed E-state index contributed by atoms with van der Waals surface area (Å²) in [5.74, 6) is 3.68. The Morgan fingerprint density at radius 3 is 1.25 bits per heavy atom. The van der Waals surface area contributed by atoms with Crippen LogP contribution in [0, 0.1) is 49.3 Å². The van der Waals surface area contributed by atoms with Crippen LogP contribution < -0.4 is 73.1 Å². The van der Waals surface area contributed by atoms with Crippen molar-refractivity contribution < 1.29 is 86.3 Å². The third-order valence-electron chi connectivity index (χ3n) is 12.7. The third kappa shape index (κ3) is 20.3. The minimum absolute atomic E-state index is 0.157. The summed E-state index contributed by atoms with van der Waals surface area (Å²) in [6, 6.07) is 68.0. The van der Waals surface area contributed by atoms with Crippen molar-refractivity contribution in [1.82, 2.24) is 0 Å². The zero-order valence-corrected chi connectivity index (χ0v) is 59.4.